The summed E-state index contributed by atoms with van der Waals surface area (Å²) in [6.07, 6.45) is 0. The first-order valence-corrected chi connectivity index (χ1v) is 6.41. The molecule has 0 aromatic heterocycles. The van der Waals surface area contributed by atoms with Crippen molar-refractivity contribution < 1.29 is 28.2 Å². The number of amides is 1. The third kappa shape index (κ3) is 3.06. The van der Waals surface area contributed by atoms with Crippen LogP contribution < -0.4 is 5.32 Å². The molecule has 0 fully saturated rings. The second-order valence-electron chi connectivity index (χ2n) is 4.54. The Morgan fingerprint density at radius 2 is 2.18 bits per heavy atom. The van der Waals surface area contributed by atoms with Crippen LogP contribution in [-0.2, 0) is 14.3 Å². The van der Waals surface area contributed by atoms with Crippen LogP contribution >= 0.6 is 0 Å². The summed E-state index contributed by atoms with van der Waals surface area (Å²) in [7, 11) is 1.15. The first-order valence-electron chi connectivity index (χ1n) is 6.41. The minimum Gasteiger partial charge on any atom is -0.466 e. The Kier molecular flexibility index (Phi) is 4.71. The Bertz CT molecular complexity index is 646. The predicted octanol–water partition coefficient (Wildman–Crippen LogP) is 0.638. The van der Waals surface area contributed by atoms with Crippen molar-refractivity contribution in [2.24, 2.45) is 0 Å². The molecule has 8 heteroatoms. The molecular weight excluding hydrogens is 298 g/mol. The topological polar surface area (TPSA) is 78.9 Å². The van der Waals surface area contributed by atoms with Gasteiger partial charge in [0.05, 0.1) is 31.5 Å². The summed E-state index contributed by atoms with van der Waals surface area (Å²) in [5, 5.41) is 11.4. The lowest BCUT2D eigenvalue weighted by Gasteiger charge is -2.15. The van der Waals surface area contributed by atoms with Crippen molar-refractivity contribution >= 4 is 17.6 Å². The number of nitrogens with zero attached hydrogens (tertiary/aromatic N) is 1. The van der Waals surface area contributed by atoms with Gasteiger partial charge in [-0.05, 0) is 12.1 Å². The zero-order valence-corrected chi connectivity index (χ0v) is 11.7. The molecule has 1 aliphatic rings. The van der Waals surface area contributed by atoms with Crippen molar-refractivity contribution in [2.45, 2.75) is 0 Å². The molecule has 1 aromatic carbocycles. The predicted molar refractivity (Wildman–Crippen MR) is 72.7 cm³/mol. The number of benzene rings is 1. The number of hydrogen-bond donors (Lipinski definition) is 2. The average Bonchev–Trinajstić information content (AvgIpc) is 2.80. The fraction of sp³-hybridized carbons (Fsp3) is 0.286. The molecule has 2 rings (SSSR count). The quantitative estimate of drug-likeness (QED) is 0.780. The zero-order valence-electron chi connectivity index (χ0n) is 11.7. The van der Waals surface area contributed by atoms with E-state index >= 15 is 0 Å². The highest BCUT2D eigenvalue weighted by Crippen LogP contribution is 2.24. The Morgan fingerprint density at radius 1 is 1.45 bits per heavy atom. The molecule has 0 atom stereocenters. The van der Waals surface area contributed by atoms with Crippen LogP contribution in [0.4, 0.5) is 14.5 Å². The molecule has 6 nitrogen and oxygen atoms in total. The minimum absolute atomic E-state index is 0.00962. The first-order chi connectivity index (χ1) is 10.5. The lowest BCUT2D eigenvalue weighted by molar-refractivity contribution is -0.136. The van der Waals surface area contributed by atoms with Crippen molar-refractivity contribution in [1.82, 2.24) is 4.90 Å². The largest absolute Gasteiger partial charge is 0.466 e. The highest BCUT2D eigenvalue weighted by Gasteiger charge is 2.34. The lowest BCUT2D eigenvalue weighted by Crippen LogP contribution is -2.31. The number of hydrogen-bond acceptors (Lipinski definition) is 5. The van der Waals surface area contributed by atoms with Crippen LogP contribution in [-0.4, -0.2) is 48.7 Å². The van der Waals surface area contributed by atoms with Gasteiger partial charge in [-0.25, -0.2) is 13.6 Å². The Balaban J connectivity index is 2.36. The molecule has 0 saturated heterocycles. The number of aliphatic hydroxyl groups excluding tert-OH is 1. The highest BCUT2D eigenvalue weighted by molar-refractivity contribution is 6.08. The molecule has 1 aromatic rings. The van der Waals surface area contributed by atoms with Gasteiger partial charge in [-0.3, -0.25) is 4.79 Å². The van der Waals surface area contributed by atoms with E-state index in [1.807, 2.05) is 0 Å². The van der Waals surface area contributed by atoms with Gasteiger partial charge in [-0.2, -0.15) is 0 Å². The molecule has 1 heterocycles. The van der Waals surface area contributed by atoms with Crippen LogP contribution in [0.15, 0.2) is 29.5 Å². The standard InChI is InChI=1S/C14H14F2N2O4/c1-22-14(21)9-7-18(4-5-19)13(20)12(9)17-11-6-8(15)2-3-10(11)16/h2-3,6,17,19H,4-5,7H2,1H3. The molecule has 118 valence electrons. The van der Waals surface area contributed by atoms with E-state index < -0.39 is 23.5 Å². The third-order valence-corrected chi connectivity index (χ3v) is 3.14. The molecule has 22 heavy (non-hydrogen) atoms. The summed E-state index contributed by atoms with van der Waals surface area (Å²) < 4.78 is 31.5. The minimum atomic E-state index is -0.772. The number of aliphatic hydroxyl groups is 1. The number of methoxy groups -OCH3 is 1. The maximum Gasteiger partial charge on any atom is 0.337 e. The first kappa shape index (κ1) is 15.9. The van der Waals surface area contributed by atoms with Gasteiger partial charge in [0, 0.05) is 12.6 Å². The van der Waals surface area contributed by atoms with Crippen molar-refractivity contribution in [3.63, 3.8) is 0 Å². The van der Waals surface area contributed by atoms with E-state index in [-0.39, 0.29) is 36.7 Å². The molecule has 2 N–H and O–H groups in total. The van der Waals surface area contributed by atoms with Crippen LogP contribution in [0.3, 0.4) is 0 Å². The van der Waals surface area contributed by atoms with E-state index in [1.165, 1.54) is 4.90 Å². The maximum absolute atomic E-state index is 13.7. The fourth-order valence-electron chi connectivity index (χ4n) is 2.08. The molecule has 0 bridgehead atoms. The van der Waals surface area contributed by atoms with Crippen LogP contribution in [0, 0.1) is 11.6 Å². The van der Waals surface area contributed by atoms with E-state index in [9.17, 15) is 18.4 Å². The molecular formula is C14H14F2N2O4. The van der Waals surface area contributed by atoms with Gasteiger partial charge in [0.2, 0.25) is 0 Å². The van der Waals surface area contributed by atoms with Crippen LogP contribution in [0.1, 0.15) is 0 Å². The Labute approximate surface area is 125 Å². The SMILES string of the molecule is COC(=O)C1=C(Nc2cc(F)ccc2F)C(=O)N(CCO)C1. The van der Waals surface area contributed by atoms with Crippen molar-refractivity contribution in [3.8, 4) is 0 Å². The van der Waals surface area contributed by atoms with Crippen LogP contribution in [0.5, 0.6) is 0 Å². The third-order valence-electron chi connectivity index (χ3n) is 3.14. The maximum atomic E-state index is 13.7. The van der Waals surface area contributed by atoms with E-state index in [0.29, 0.717) is 0 Å². The molecule has 1 amide bonds. The Hall–Kier alpha value is -2.48. The number of halogens is 2. The van der Waals surface area contributed by atoms with Gasteiger partial charge in [0.15, 0.2) is 0 Å². The number of carbonyl (C=O) groups is 2. The molecule has 1 aliphatic heterocycles. The second kappa shape index (κ2) is 6.52. The molecule has 0 aliphatic carbocycles. The summed E-state index contributed by atoms with van der Waals surface area (Å²) in [6.45, 7) is -0.358. The number of ether oxygens (including phenoxy) is 1. The smallest absolute Gasteiger partial charge is 0.337 e. The number of anilines is 1. The molecule has 0 radical (unpaired) electrons. The highest BCUT2D eigenvalue weighted by atomic mass is 19.1. The fourth-order valence-corrected chi connectivity index (χ4v) is 2.08. The average molecular weight is 312 g/mol. The summed E-state index contributed by atoms with van der Waals surface area (Å²) in [5.41, 5.74) is -0.468. The van der Waals surface area contributed by atoms with Crippen molar-refractivity contribution in [3.05, 3.63) is 41.1 Å². The Morgan fingerprint density at radius 3 is 2.82 bits per heavy atom. The summed E-state index contributed by atoms with van der Waals surface area (Å²) in [4.78, 5) is 25.1. The zero-order chi connectivity index (χ0) is 16.3. The van der Waals surface area contributed by atoms with Gasteiger partial charge in [0.25, 0.3) is 5.91 Å². The second-order valence-corrected chi connectivity index (χ2v) is 4.54. The lowest BCUT2D eigenvalue weighted by atomic mass is 10.2. The monoisotopic (exact) mass is 312 g/mol. The van der Waals surface area contributed by atoms with E-state index in [2.05, 4.69) is 10.1 Å². The summed E-state index contributed by atoms with van der Waals surface area (Å²) in [5.74, 6) is -2.82. The number of esters is 1. The molecule has 0 unspecified atom stereocenters. The molecule has 0 spiro atoms. The van der Waals surface area contributed by atoms with Gasteiger partial charge in [-0.15, -0.1) is 0 Å². The summed E-state index contributed by atoms with van der Waals surface area (Å²) >= 11 is 0. The number of β-amino-alcohol motifs (C(OH)–C–C–N with tert-alkyl or cyclic N) is 1. The van der Waals surface area contributed by atoms with E-state index in [4.69, 9.17) is 5.11 Å². The molecule has 0 saturated carbocycles. The van der Waals surface area contributed by atoms with Crippen LogP contribution in [0.2, 0.25) is 0 Å². The number of carbonyl (C=O) groups excluding carboxylic acids is 2. The van der Waals surface area contributed by atoms with Gasteiger partial charge < -0.3 is 20.1 Å². The number of nitrogens with one attached hydrogen (secondary N) is 1. The van der Waals surface area contributed by atoms with Gasteiger partial charge in [-0.1, -0.05) is 0 Å². The van der Waals surface area contributed by atoms with Crippen molar-refractivity contribution in [1.29, 1.82) is 0 Å². The van der Waals surface area contributed by atoms with E-state index in [0.717, 1.165) is 25.3 Å². The summed E-state index contributed by atoms with van der Waals surface area (Å²) in [6, 6.07) is 2.71. The van der Waals surface area contributed by atoms with Gasteiger partial charge >= 0.3 is 5.97 Å². The van der Waals surface area contributed by atoms with Gasteiger partial charge in [0.1, 0.15) is 17.3 Å². The number of rotatable bonds is 5. The van der Waals surface area contributed by atoms with Crippen molar-refractivity contribution in [2.75, 3.05) is 32.1 Å². The van der Waals surface area contributed by atoms with E-state index in [1.54, 1.807) is 0 Å². The van der Waals surface area contributed by atoms with Crippen LogP contribution in [0.25, 0.3) is 0 Å². The normalized spacial score (nSPS) is 14.5.